The first-order valence-corrected chi connectivity index (χ1v) is 4.21. The van der Waals surface area contributed by atoms with Crippen molar-refractivity contribution in [2.75, 3.05) is 0 Å². The minimum absolute atomic E-state index is 0.0150. The standard InChI is InChI=1S/C9H14O2/c1-7(11)9-5-3-2-4-8(9)6-10/h6,8-9H,2-5H2,1H3. The molecular formula is C9H14O2. The molecule has 2 nitrogen and oxygen atoms in total. The Kier molecular flexibility index (Phi) is 2.80. The molecule has 0 heterocycles. The number of aldehydes is 1. The van der Waals surface area contributed by atoms with Crippen LogP contribution in [0.4, 0.5) is 0 Å². The van der Waals surface area contributed by atoms with E-state index in [-0.39, 0.29) is 17.6 Å². The third kappa shape index (κ3) is 1.88. The number of carbonyl (C=O) groups is 2. The van der Waals surface area contributed by atoms with Crippen LogP contribution < -0.4 is 0 Å². The minimum atomic E-state index is 0.0150. The van der Waals surface area contributed by atoms with Gasteiger partial charge in [0, 0.05) is 11.8 Å². The largest absolute Gasteiger partial charge is 0.303 e. The van der Waals surface area contributed by atoms with Gasteiger partial charge in [-0.05, 0) is 19.8 Å². The first kappa shape index (κ1) is 8.44. The maximum absolute atomic E-state index is 11.0. The highest BCUT2D eigenvalue weighted by molar-refractivity contribution is 5.81. The lowest BCUT2D eigenvalue weighted by Gasteiger charge is -2.24. The second-order valence-electron chi connectivity index (χ2n) is 3.30. The fourth-order valence-electron chi connectivity index (χ4n) is 1.83. The van der Waals surface area contributed by atoms with Gasteiger partial charge in [-0.2, -0.15) is 0 Å². The summed E-state index contributed by atoms with van der Waals surface area (Å²) >= 11 is 0. The monoisotopic (exact) mass is 154 g/mol. The number of hydrogen-bond donors (Lipinski definition) is 0. The van der Waals surface area contributed by atoms with Gasteiger partial charge in [0.15, 0.2) is 0 Å². The van der Waals surface area contributed by atoms with E-state index in [1.54, 1.807) is 6.92 Å². The number of hydrogen-bond acceptors (Lipinski definition) is 2. The van der Waals surface area contributed by atoms with Crippen LogP contribution >= 0.6 is 0 Å². The van der Waals surface area contributed by atoms with E-state index >= 15 is 0 Å². The molecule has 0 amide bonds. The van der Waals surface area contributed by atoms with Crippen LogP contribution in [0.1, 0.15) is 32.6 Å². The van der Waals surface area contributed by atoms with E-state index in [0.29, 0.717) is 0 Å². The number of rotatable bonds is 2. The average Bonchev–Trinajstić information content (AvgIpc) is 2.04. The van der Waals surface area contributed by atoms with Gasteiger partial charge in [0.2, 0.25) is 0 Å². The highest BCUT2D eigenvalue weighted by atomic mass is 16.1. The number of Topliss-reactive ketones (excluding diaryl/α,β-unsaturated/α-hetero) is 1. The molecule has 0 aromatic rings. The van der Waals surface area contributed by atoms with Crippen molar-refractivity contribution < 1.29 is 9.59 Å². The molecular weight excluding hydrogens is 140 g/mol. The maximum Gasteiger partial charge on any atom is 0.133 e. The number of carbonyl (C=O) groups excluding carboxylic acids is 2. The van der Waals surface area contributed by atoms with E-state index in [4.69, 9.17) is 0 Å². The summed E-state index contributed by atoms with van der Waals surface area (Å²) < 4.78 is 0. The molecule has 11 heavy (non-hydrogen) atoms. The fourth-order valence-corrected chi connectivity index (χ4v) is 1.83. The van der Waals surface area contributed by atoms with Gasteiger partial charge in [0.05, 0.1) is 0 Å². The number of ketones is 1. The van der Waals surface area contributed by atoms with Gasteiger partial charge in [-0.15, -0.1) is 0 Å². The Labute approximate surface area is 67.0 Å². The molecule has 0 aliphatic heterocycles. The van der Waals surface area contributed by atoms with Crippen LogP contribution in [0.25, 0.3) is 0 Å². The van der Waals surface area contributed by atoms with E-state index < -0.39 is 0 Å². The van der Waals surface area contributed by atoms with Crippen LogP contribution in [0.3, 0.4) is 0 Å². The quantitative estimate of drug-likeness (QED) is 0.566. The van der Waals surface area contributed by atoms with Crippen molar-refractivity contribution in [3.05, 3.63) is 0 Å². The van der Waals surface area contributed by atoms with Crippen molar-refractivity contribution >= 4 is 12.1 Å². The van der Waals surface area contributed by atoms with Crippen molar-refractivity contribution in [2.45, 2.75) is 32.6 Å². The zero-order chi connectivity index (χ0) is 8.27. The molecule has 2 unspecified atom stereocenters. The molecule has 0 saturated heterocycles. The molecule has 0 radical (unpaired) electrons. The first-order chi connectivity index (χ1) is 5.25. The third-order valence-corrected chi connectivity index (χ3v) is 2.52. The van der Waals surface area contributed by atoms with Crippen molar-refractivity contribution in [2.24, 2.45) is 11.8 Å². The predicted octanol–water partition coefficient (Wildman–Crippen LogP) is 1.58. The highest BCUT2D eigenvalue weighted by Crippen LogP contribution is 2.28. The molecule has 1 saturated carbocycles. The Morgan fingerprint density at radius 3 is 2.45 bits per heavy atom. The molecule has 0 N–H and O–H groups in total. The second-order valence-corrected chi connectivity index (χ2v) is 3.30. The van der Waals surface area contributed by atoms with Crippen LogP contribution in [0.2, 0.25) is 0 Å². The van der Waals surface area contributed by atoms with Crippen LogP contribution in [0.5, 0.6) is 0 Å². The molecule has 1 rings (SSSR count). The molecule has 1 aliphatic rings. The van der Waals surface area contributed by atoms with Gasteiger partial charge in [-0.25, -0.2) is 0 Å². The zero-order valence-electron chi connectivity index (χ0n) is 6.88. The van der Waals surface area contributed by atoms with Crippen molar-refractivity contribution in [3.63, 3.8) is 0 Å². The van der Waals surface area contributed by atoms with Crippen molar-refractivity contribution in [1.82, 2.24) is 0 Å². The van der Waals surface area contributed by atoms with Crippen LogP contribution in [-0.2, 0) is 9.59 Å². The lowest BCUT2D eigenvalue weighted by atomic mass is 9.78. The molecule has 0 aromatic heterocycles. The molecule has 1 aliphatic carbocycles. The molecule has 0 aromatic carbocycles. The lowest BCUT2D eigenvalue weighted by Crippen LogP contribution is -2.26. The Morgan fingerprint density at radius 2 is 2.00 bits per heavy atom. The molecule has 2 heteroatoms. The Balaban J connectivity index is 2.58. The van der Waals surface area contributed by atoms with E-state index in [1.165, 1.54) is 0 Å². The topological polar surface area (TPSA) is 34.1 Å². The molecule has 62 valence electrons. The van der Waals surface area contributed by atoms with Gasteiger partial charge >= 0.3 is 0 Å². The van der Waals surface area contributed by atoms with E-state index in [2.05, 4.69) is 0 Å². The molecule has 1 fully saturated rings. The summed E-state index contributed by atoms with van der Waals surface area (Å²) in [7, 11) is 0. The van der Waals surface area contributed by atoms with Gasteiger partial charge < -0.3 is 4.79 Å². The fraction of sp³-hybridized carbons (Fsp3) is 0.778. The van der Waals surface area contributed by atoms with Crippen molar-refractivity contribution in [3.8, 4) is 0 Å². The van der Waals surface area contributed by atoms with Gasteiger partial charge in [0.25, 0.3) is 0 Å². The summed E-state index contributed by atoms with van der Waals surface area (Å²) in [6, 6.07) is 0. The molecule has 0 spiro atoms. The van der Waals surface area contributed by atoms with E-state index in [9.17, 15) is 9.59 Å². The van der Waals surface area contributed by atoms with Crippen LogP contribution in [0.15, 0.2) is 0 Å². The summed E-state index contributed by atoms with van der Waals surface area (Å²) in [5.74, 6) is 0.226. The summed E-state index contributed by atoms with van der Waals surface area (Å²) in [6.07, 6.45) is 4.99. The molecule has 2 atom stereocenters. The van der Waals surface area contributed by atoms with Crippen LogP contribution in [-0.4, -0.2) is 12.1 Å². The average molecular weight is 154 g/mol. The smallest absolute Gasteiger partial charge is 0.133 e. The molecule has 0 bridgehead atoms. The van der Waals surface area contributed by atoms with E-state index in [1.807, 2.05) is 0 Å². The van der Waals surface area contributed by atoms with Crippen molar-refractivity contribution in [1.29, 1.82) is 0 Å². The summed E-state index contributed by atoms with van der Waals surface area (Å²) in [5, 5.41) is 0. The Morgan fingerprint density at radius 1 is 1.36 bits per heavy atom. The minimum Gasteiger partial charge on any atom is -0.303 e. The first-order valence-electron chi connectivity index (χ1n) is 4.21. The summed E-state index contributed by atoms with van der Waals surface area (Å²) in [4.78, 5) is 21.5. The van der Waals surface area contributed by atoms with Gasteiger partial charge in [-0.3, -0.25) is 4.79 Å². The zero-order valence-corrected chi connectivity index (χ0v) is 6.88. The summed E-state index contributed by atoms with van der Waals surface area (Å²) in [6.45, 7) is 1.59. The van der Waals surface area contributed by atoms with Gasteiger partial charge in [-0.1, -0.05) is 12.8 Å². The SMILES string of the molecule is CC(=O)C1CCCCC1C=O. The van der Waals surface area contributed by atoms with Crippen LogP contribution in [0, 0.1) is 11.8 Å². The lowest BCUT2D eigenvalue weighted by molar-refractivity contribution is -0.127. The second kappa shape index (κ2) is 3.65. The highest BCUT2D eigenvalue weighted by Gasteiger charge is 2.27. The Hall–Kier alpha value is -0.660. The maximum atomic E-state index is 11.0. The predicted molar refractivity (Wildman–Crippen MR) is 42.2 cm³/mol. The normalized spacial score (nSPS) is 31.4. The Bertz CT molecular complexity index is 163. The summed E-state index contributed by atoms with van der Waals surface area (Å²) in [5.41, 5.74) is 0. The van der Waals surface area contributed by atoms with Gasteiger partial charge in [0.1, 0.15) is 12.1 Å². The third-order valence-electron chi connectivity index (χ3n) is 2.52. The van der Waals surface area contributed by atoms with E-state index in [0.717, 1.165) is 32.0 Å².